The molecular weight excluding hydrogens is 558 g/mol. The van der Waals surface area contributed by atoms with Gasteiger partial charge in [0.2, 0.25) is 21.3 Å². The van der Waals surface area contributed by atoms with Crippen molar-refractivity contribution in [1.82, 2.24) is 10.1 Å². The predicted octanol–water partition coefficient (Wildman–Crippen LogP) is 5.62. The highest BCUT2D eigenvalue weighted by atomic mass is 32.2. The number of nitrogens with zero attached hydrogens (tertiary/aromatic N) is 2. The molecule has 0 aliphatic carbocycles. The average molecular weight is 575 g/mol. The number of aromatic nitrogens is 2. The van der Waals surface area contributed by atoms with Crippen molar-refractivity contribution in [2.75, 3.05) is 11.0 Å². The monoisotopic (exact) mass is 575 g/mol. The Morgan fingerprint density at radius 3 is 2.42 bits per heavy atom. The first-order chi connectivity index (χ1) is 18.9. The summed E-state index contributed by atoms with van der Waals surface area (Å²) < 4.78 is 94.9. The SMILES string of the molecule is CS(=O)(=O)Nc1ccc(-c2c(OCc3noc(-c4cc(F)cc(C(F)(F)F)c4)n3)oc3ccccc3c2=O)cc1. The summed E-state index contributed by atoms with van der Waals surface area (Å²) in [5.74, 6) is -1.86. The first-order valence-corrected chi connectivity index (χ1v) is 13.2. The van der Waals surface area contributed by atoms with E-state index in [4.69, 9.17) is 13.7 Å². The Hall–Kier alpha value is -4.72. The molecular formula is C26H17F4N3O6S. The molecule has 5 aromatic rings. The number of hydrogen-bond acceptors (Lipinski definition) is 8. The van der Waals surface area contributed by atoms with Crippen molar-refractivity contribution < 1.29 is 39.7 Å². The first kappa shape index (κ1) is 26.9. The highest BCUT2D eigenvalue weighted by Gasteiger charge is 2.32. The van der Waals surface area contributed by atoms with E-state index in [0.717, 1.165) is 12.3 Å². The molecule has 40 heavy (non-hydrogen) atoms. The molecule has 0 aliphatic rings. The van der Waals surface area contributed by atoms with E-state index >= 15 is 0 Å². The number of anilines is 1. The normalized spacial score (nSPS) is 12.0. The summed E-state index contributed by atoms with van der Waals surface area (Å²) in [5.41, 5.74) is -1.09. The van der Waals surface area contributed by atoms with Gasteiger partial charge in [0.15, 0.2) is 6.61 Å². The van der Waals surface area contributed by atoms with Crippen LogP contribution in [0.3, 0.4) is 0 Å². The topological polar surface area (TPSA) is 125 Å². The second-order valence-electron chi connectivity index (χ2n) is 8.57. The lowest BCUT2D eigenvalue weighted by molar-refractivity contribution is -0.137. The molecule has 1 N–H and O–H groups in total. The summed E-state index contributed by atoms with van der Waals surface area (Å²) in [7, 11) is -3.52. The Bertz CT molecular complexity index is 1880. The van der Waals surface area contributed by atoms with E-state index in [2.05, 4.69) is 14.9 Å². The number of rotatable bonds is 7. The third-order valence-corrected chi connectivity index (χ3v) is 6.12. The van der Waals surface area contributed by atoms with Gasteiger partial charge >= 0.3 is 6.18 Å². The van der Waals surface area contributed by atoms with Crippen molar-refractivity contribution in [3.8, 4) is 28.5 Å². The van der Waals surface area contributed by atoms with Crippen LogP contribution in [0.15, 0.2) is 80.5 Å². The van der Waals surface area contributed by atoms with Gasteiger partial charge in [-0.3, -0.25) is 9.52 Å². The molecule has 0 spiro atoms. The van der Waals surface area contributed by atoms with Crippen LogP contribution in [0, 0.1) is 5.82 Å². The van der Waals surface area contributed by atoms with Gasteiger partial charge in [-0.05, 0) is 48.0 Å². The number of para-hydroxylation sites is 1. The zero-order chi connectivity index (χ0) is 28.7. The molecule has 0 bridgehead atoms. The average Bonchev–Trinajstić information content (AvgIpc) is 3.36. The van der Waals surface area contributed by atoms with Gasteiger partial charge in [0, 0.05) is 11.3 Å². The van der Waals surface area contributed by atoms with Gasteiger partial charge in [0.1, 0.15) is 17.0 Å². The summed E-state index contributed by atoms with van der Waals surface area (Å²) in [6.07, 6.45) is -3.79. The molecule has 5 rings (SSSR count). The maximum Gasteiger partial charge on any atom is 0.416 e. The summed E-state index contributed by atoms with van der Waals surface area (Å²) in [4.78, 5) is 17.4. The number of nitrogens with one attached hydrogen (secondary N) is 1. The molecule has 14 heteroatoms. The smallest absolute Gasteiger partial charge is 0.416 e. The summed E-state index contributed by atoms with van der Waals surface area (Å²) in [6.45, 7) is -0.424. The molecule has 206 valence electrons. The molecule has 0 amide bonds. The standard InChI is InChI=1S/C26H17F4N3O6S/c1-40(35,36)33-18-8-6-14(7-9-18)22-23(34)19-4-2-3-5-20(19)38-25(22)37-13-21-31-24(39-32-21)15-10-16(26(28,29)30)12-17(27)11-15/h2-12,33H,13H2,1H3. The second kappa shape index (κ2) is 10.1. The molecule has 2 heterocycles. The Balaban J connectivity index is 1.47. The van der Waals surface area contributed by atoms with Gasteiger partial charge in [0.05, 0.1) is 17.2 Å². The lowest BCUT2D eigenvalue weighted by atomic mass is 10.0. The zero-order valence-electron chi connectivity index (χ0n) is 20.3. The lowest BCUT2D eigenvalue weighted by Gasteiger charge is -2.11. The van der Waals surface area contributed by atoms with E-state index < -0.39 is 39.6 Å². The number of halogens is 4. The minimum atomic E-state index is -4.79. The number of alkyl halides is 3. The van der Waals surface area contributed by atoms with Gasteiger partial charge in [-0.25, -0.2) is 12.8 Å². The fourth-order valence-corrected chi connectivity index (χ4v) is 4.39. The van der Waals surface area contributed by atoms with Crippen molar-refractivity contribution in [3.05, 3.63) is 94.2 Å². The molecule has 0 radical (unpaired) electrons. The van der Waals surface area contributed by atoms with Crippen LogP contribution in [-0.2, 0) is 22.8 Å². The van der Waals surface area contributed by atoms with Crippen LogP contribution < -0.4 is 14.9 Å². The Kier molecular flexibility index (Phi) is 6.79. The Morgan fingerprint density at radius 2 is 1.73 bits per heavy atom. The molecule has 0 fully saturated rings. The van der Waals surface area contributed by atoms with Gasteiger partial charge < -0.3 is 13.7 Å². The van der Waals surface area contributed by atoms with Gasteiger partial charge in [-0.2, -0.15) is 18.2 Å². The summed E-state index contributed by atoms with van der Waals surface area (Å²) in [5, 5.41) is 3.92. The van der Waals surface area contributed by atoms with Gasteiger partial charge in [-0.15, -0.1) is 0 Å². The maximum atomic E-state index is 13.8. The minimum absolute atomic E-state index is 0.0215. The van der Waals surface area contributed by atoms with E-state index in [0.29, 0.717) is 17.7 Å². The molecule has 3 aromatic carbocycles. The second-order valence-corrected chi connectivity index (χ2v) is 10.3. The number of sulfonamides is 1. The number of hydrogen-bond donors (Lipinski definition) is 1. The van der Waals surface area contributed by atoms with E-state index in [9.17, 15) is 30.8 Å². The van der Waals surface area contributed by atoms with Crippen LogP contribution in [0.2, 0.25) is 0 Å². The molecule has 0 unspecified atom stereocenters. The van der Waals surface area contributed by atoms with Crippen LogP contribution >= 0.6 is 0 Å². The van der Waals surface area contributed by atoms with E-state index in [1.807, 2.05) is 0 Å². The highest BCUT2D eigenvalue weighted by molar-refractivity contribution is 7.92. The van der Waals surface area contributed by atoms with Crippen molar-refractivity contribution in [3.63, 3.8) is 0 Å². The molecule has 0 saturated heterocycles. The van der Waals surface area contributed by atoms with Crippen LogP contribution in [0.4, 0.5) is 23.2 Å². The van der Waals surface area contributed by atoms with Crippen LogP contribution in [0.1, 0.15) is 11.4 Å². The van der Waals surface area contributed by atoms with E-state index in [1.54, 1.807) is 24.3 Å². The summed E-state index contributed by atoms with van der Waals surface area (Å²) in [6, 6.07) is 14.2. The number of ether oxygens (including phenoxy) is 1. The van der Waals surface area contributed by atoms with Gasteiger partial charge in [-0.1, -0.05) is 29.4 Å². The molecule has 0 aliphatic heterocycles. The molecule has 2 aromatic heterocycles. The van der Waals surface area contributed by atoms with Crippen LogP contribution in [0.25, 0.3) is 33.6 Å². The molecule has 0 atom stereocenters. The maximum absolute atomic E-state index is 13.8. The fourth-order valence-electron chi connectivity index (χ4n) is 3.83. The van der Waals surface area contributed by atoms with Crippen molar-refractivity contribution >= 4 is 26.7 Å². The summed E-state index contributed by atoms with van der Waals surface area (Å²) >= 11 is 0. The van der Waals surface area contributed by atoms with E-state index in [-0.39, 0.29) is 45.4 Å². The predicted molar refractivity (Wildman–Crippen MR) is 135 cm³/mol. The number of fused-ring (bicyclic) bond motifs is 1. The van der Waals surface area contributed by atoms with Crippen LogP contribution in [0.5, 0.6) is 5.95 Å². The first-order valence-electron chi connectivity index (χ1n) is 11.3. The Labute approximate surface area is 223 Å². The van der Waals surface area contributed by atoms with E-state index in [1.165, 1.54) is 24.3 Å². The zero-order valence-corrected chi connectivity index (χ0v) is 21.1. The van der Waals surface area contributed by atoms with Crippen molar-refractivity contribution in [2.24, 2.45) is 0 Å². The largest absolute Gasteiger partial charge is 0.456 e. The minimum Gasteiger partial charge on any atom is -0.456 e. The van der Waals surface area contributed by atoms with Crippen LogP contribution in [-0.4, -0.2) is 24.8 Å². The molecule has 9 nitrogen and oxygen atoms in total. The fraction of sp³-hybridized carbons (Fsp3) is 0.115. The Morgan fingerprint density at radius 1 is 1.00 bits per heavy atom. The highest BCUT2D eigenvalue weighted by Crippen LogP contribution is 2.34. The number of benzene rings is 3. The third-order valence-electron chi connectivity index (χ3n) is 5.51. The van der Waals surface area contributed by atoms with Crippen molar-refractivity contribution in [2.45, 2.75) is 12.8 Å². The quantitative estimate of drug-likeness (QED) is 0.248. The molecule has 0 saturated carbocycles. The third kappa shape index (κ3) is 5.81. The lowest BCUT2D eigenvalue weighted by Crippen LogP contribution is -2.10. The van der Waals surface area contributed by atoms with Crippen molar-refractivity contribution in [1.29, 1.82) is 0 Å². The van der Waals surface area contributed by atoms with Gasteiger partial charge in [0.25, 0.3) is 11.8 Å².